The second kappa shape index (κ2) is 6.54. The molecule has 0 fully saturated rings. The highest BCUT2D eigenvalue weighted by Gasteiger charge is 2.16. The highest BCUT2D eigenvalue weighted by molar-refractivity contribution is 9.10. The van der Waals surface area contributed by atoms with E-state index in [-0.39, 0.29) is 12.6 Å². The third-order valence-corrected chi connectivity index (χ3v) is 4.68. The fraction of sp³-hybridized carbons (Fsp3) is 0.500. The summed E-state index contributed by atoms with van der Waals surface area (Å²) in [5.74, 6) is 0.717. The predicted molar refractivity (Wildman–Crippen MR) is 76.3 cm³/mol. The van der Waals surface area contributed by atoms with Crippen molar-refractivity contribution in [2.75, 3.05) is 6.54 Å². The number of benzene rings is 1. The van der Waals surface area contributed by atoms with Crippen molar-refractivity contribution in [3.63, 3.8) is 0 Å². The van der Waals surface area contributed by atoms with Crippen molar-refractivity contribution >= 4 is 26.0 Å². The van der Waals surface area contributed by atoms with Crippen molar-refractivity contribution in [1.29, 1.82) is 0 Å². The Hall–Kier alpha value is -0.590. The SMILES string of the molecule is CC(C)S(=O)(=O)NC[C@@H](C)Oc1ccc(Br)cc1. The van der Waals surface area contributed by atoms with Crippen molar-refractivity contribution < 1.29 is 13.2 Å². The molecule has 0 aliphatic carbocycles. The largest absolute Gasteiger partial charge is 0.489 e. The molecular formula is C12H18BrNO3S. The number of hydrogen-bond acceptors (Lipinski definition) is 3. The second-order valence-corrected chi connectivity index (χ2v) is 7.56. The summed E-state index contributed by atoms with van der Waals surface area (Å²) >= 11 is 3.34. The Labute approximate surface area is 117 Å². The van der Waals surface area contributed by atoms with E-state index in [0.29, 0.717) is 0 Å². The molecule has 18 heavy (non-hydrogen) atoms. The third kappa shape index (κ3) is 4.96. The van der Waals surface area contributed by atoms with E-state index in [0.717, 1.165) is 10.2 Å². The summed E-state index contributed by atoms with van der Waals surface area (Å²) in [7, 11) is -3.23. The molecule has 0 amide bonds. The first-order valence-corrected chi connectivity index (χ1v) is 8.06. The fourth-order valence-electron chi connectivity index (χ4n) is 1.19. The Balaban J connectivity index is 2.48. The maximum atomic E-state index is 11.6. The van der Waals surface area contributed by atoms with E-state index in [4.69, 9.17) is 4.74 Å². The van der Waals surface area contributed by atoms with Crippen LogP contribution in [-0.4, -0.2) is 26.3 Å². The van der Waals surface area contributed by atoms with Crippen LogP contribution in [0.25, 0.3) is 0 Å². The summed E-state index contributed by atoms with van der Waals surface area (Å²) in [5.41, 5.74) is 0. The second-order valence-electron chi connectivity index (χ2n) is 4.32. The number of rotatable bonds is 6. The summed E-state index contributed by atoms with van der Waals surface area (Å²) in [4.78, 5) is 0. The Kier molecular flexibility index (Phi) is 5.62. The van der Waals surface area contributed by atoms with Gasteiger partial charge in [-0.1, -0.05) is 15.9 Å². The lowest BCUT2D eigenvalue weighted by atomic mass is 10.3. The van der Waals surface area contributed by atoms with Crippen LogP contribution in [0, 0.1) is 0 Å². The van der Waals surface area contributed by atoms with Crippen LogP contribution in [0.5, 0.6) is 5.75 Å². The number of nitrogens with one attached hydrogen (secondary N) is 1. The molecule has 4 nitrogen and oxygen atoms in total. The standard InChI is InChI=1S/C12H18BrNO3S/c1-9(2)18(15,16)14-8-10(3)17-12-6-4-11(13)5-7-12/h4-7,9-10,14H,8H2,1-3H3/t10-/m1/s1. The van der Waals surface area contributed by atoms with E-state index >= 15 is 0 Å². The number of halogens is 1. The molecule has 0 bridgehead atoms. The molecule has 6 heteroatoms. The summed E-state index contributed by atoms with van der Waals surface area (Å²) in [6.45, 7) is 5.37. The summed E-state index contributed by atoms with van der Waals surface area (Å²) in [5, 5.41) is -0.433. The van der Waals surface area contributed by atoms with Crippen LogP contribution in [0.3, 0.4) is 0 Å². The van der Waals surface area contributed by atoms with Gasteiger partial charge in [-0.05, 0) is 45.0 Å². The van der Waals surface area contributed by atoms with E-state index in [1.165, 1.54) is 0 Å². The minimum absolute atomic E-state index is 0.222. The average molecular weight is 336 g/mol. The molecule has 1 atom stereocenters. The number of sulfonamides is 1. The molecule has 0 radical (unpaired) electrons. The number of hydrogen-bond donors (Lipinski definition) is 1. The maximum Gasteiger partial charge on any atom is 0.214 e. The Morgan fingerprint density at radius 1 is 1.22 bits per heavy atom. The van der Waals surface area contributed by atoms with Crippen LogP contribution in [0.1, 0.15) is 20.8 Å². The molecule has 0 saturated carbocycles. The van der Waals surface area contributed by atoms with Crippen molar-refractivity contribution in [1.82, 2.24) is 4.72 Å². The smallest absolute Gasteiger partial charge is 0.214 e. The van der Waals surface area contributed by atoms with Gasteiger partial charge in [0.15, 0.2) is 0 Å². The summed E-state index contributed by atoms with van der Waals surface area (Å²) < 4.78 is 32.2. The molecule has 0 heterocycles. The lowest BCUT2D eigenvalue weighted by Gasteiger charge is -2.16. The average Bonchev–Trinajstić information content (AvgIpc) is 2.29. The zero-order chi connectivity index (χ0) is 13.8. The van der Waals surface area contributed by atoms with Crippen LogP contribution in [0.15, 0.2) is 28.7 Å². The highest BCUT2D eigenvalue weighted by Crippen LogP contribution is 2.17. The minimum Gasteiger partial charge on any atom is -0.489 e. The van der Waals surface area contributed by atoms with Crippen molar-refractivity contribution in [3.8, 4) is 5.75 Å². The normalized spacial score (nSPS) is 13.6. The van der Waals surface area contributed by atoms with Crippen molar-refractivity contribution in [3.05, 3.63) is 28.7 Å². The zero-order valence-electron chi connectivity index (χ0n) is 10.7. The van der Waals surface area contributed by atoms with Gasteiger partial charge in [-0.2, -0.15) is 0 Å². The van der Waals surface area contributed by atoms with Crippen LogP contribution in [0.4, 0.5) is 0 Å². The molecule has 1 N–H and O–H groups in total. The first kappa shape index (κ1) is 15.5. The van der Waals surface area contributed by atoms with Crippen molar-refractivity contribution in [2.45, 2.75) is 32.1 Å². The fourth-order valence-corrected chi connectivity index (χ4v) is 2.25. The molecule has 1 aromatic carbocycles. The molecule has 0 aromatic heterocycles. The van der Waals surface area contributed by atoms with Crippen LogP contribution < -0.4 is 9.46 Å². The Morgan fingerprint density at radius 2 is 1.78 bits per heavy atom. The van der Waals surface area contributed by atoms with E-state index in [1.807, 2.05) is 31.2 Å². The van der Waals surface area contributed by atoms with Crippen LogP contribution in [-0.2, 0) is 10.0 Å². The van der Waals surface area contributed by atoms with Gasteiger partial charge in [0.1, 0.15) is 11.9 Å². The monoisotopic (exact) mass is 335 g/mol. The lowest BCUT2D eigenvalue weighted by molar-refractivity contribution is 0.225. The summed E-state index contributed by atoms with van der Waals surface area (Å²) in [6.07, 6.45) is -0.222. The van der Waals surface area contributed by atoms with E-state index in [1.54, 1.807) is 13.8 Å². The minimum atomic E-state index is -3.23. The zero-order valence-corrected chi connectivity index (χ0v) is 13.1. The highest BCUT2D eigenvalue weighted by atomic mass is 79.9. The lowest BCUT2D eigenvalue weighted by Crippen LogP contribution is -2.37. The van der Waals surface area contributed by atoms with Gasteiger partial charge in [0, 0.05) is 11.0 Å². The first-order chi connectivity index (χ1) is 8.31. The molecule has 0 aliphatic heterocycles. The van der Waals surface area contributed by atoms with Gasteiger partial charge in [-0.3, -0.25) is 0 Å². The maximum absolute atomic E-state index is 11.6. The molecular weight excluding hydrogens is 318 g/mol. The molecule has 0 unspecified atom stereocenters. The Bertz CT molecular complexity index is 471. The third-order valence-electron chi connectivity index (χ3n) is 2.34. The molecule has 102 valence electrons. The van der Waals surface area contributed by atoms with Gasteiger partial charge in [-0.15, -0.1) is 0 Å². The molecule has 0 spiro atoms. The Morgan fingerprint density at radius 3 is 2.28 bits per heavy atom. The van der Waals surface area contributed by atoms with E-state index < -0.39 is 15.3 Å². The predicted octanol–water partition coefficient (Wildman–Crippen LogP) is 2.54. The van der Waals surface area contributed by atoms with Crippen LogP contribution >= 0.6 is 15.9 Å². The van der Waals surface area contributed by atoms with Gasteiger partial charge < -0.3 is 4.74 Å². The van der Waals surface area contributed by atoms with Gasteiger partial charge in [-0.25, -0.2) is 13.1 Å². The molecule has 1 rings (SSSR count). The van der Waals surface area contributed by atoms with Gasteiger partial charge in [0.25, 0.3) is 0 Å². The summed E-state index contributed by atoms with van der Waals surface area (Å²) in [6, 6.07) is 7.41. The molecule has 0 saturated heterocycles. The van der Waals surface area contributed by atoms with Gasteiger partial charge in [0.2, 0.25) is 10.0 Å². The molecule has 1 aromatic rings. The quantitative estimate of drug-likeness (QED) is 0.869. The topological polar surface area (TPSA) is 55.4 Å². The van der Waals surface area contributed by atoms with E-state index in [2.05, 4.69) is 20.7 Å². The van der Waals surface area contributed by atoms with Crippen LogP contribution in [0.2, 0.25) is 0 Å². The molecule has 0 aliphatic rings. The first-order valence-electron chi connectivity index (χ1n) is 5.72. The van der Waals surface area contributed by atoms with Crippen molar-refractivity contribution in [2.24, 2.45) is 0 Å². The van der Waals surface area contributed by atoms with Gasteiger partial charge >= 0.3 is 0 Å². The van der Waals surface area contributed by atoms with Gasteiger partial charge in [0.05, 0.1) is 5.25 Å². The van der Waals surface area contributed by atoms with E-state index in [9.17, 15) is 8.42 Å². The number of ether oxygens (including phenoxy) is 1.